The fourth-order valence-electron chi connectivity index (χ4n) is 0.581. The van der Waals surface area contributed by atoms with Gasteiger partial charge < -0.3 is 5.32 Å². The van der Waals surface area contributed by atoms with Gasteiger partial charge in [-0.3, -0.25) is 10.9 Å². The molecular formula is C7H19N3. The van der Waals surface area contributed by atoms with Gasteiger partial charge in [-0.15, -0.1) is 0 Å². The van der Waals surface area contributed by atoms with Crippen LogP contribution in [0.25, 0.3) is 0 Å². The normalized spacial score (nSPS) is 12.6. The summed E-state index contributed by atoms with van der Waals surface area (Å²) in [7, 11) is 3.85. The van der Waals surface area contributed by atoms with Crippen molar-refractivity contribution in [3.05, 3.63) is 0 Å². The molecule has 0 saturated heterocycles. The van der Waals surface area contributed by atoms with E-state index in [-0.39, 0.29) is 5.54 Å². The zero-order valence-electron chi connectivity index (χ0n) is 7.44. The van der Waals surface area contributed by atoms with Gasteiger partial charge in [0.2, 0.25) is 0 Å². The summed E-state index contributed by atoms with van der Waals surface area (Å²) in [5, 5.41) is 4.92. The van der Waals surface area contributed by atoms with Crippen molar-refractivity contribution < 1.29 is 0 Å². The first kappa shape index (κ1) is 9.88. The molecule has 0 aromatic carbocycles. The van der Waals surface area contributed by atoms with Crippen LogP contribution in [0.5, 0.6) is 0 Å². The molecule has 0 rings (SSSR count). The van der Waals surface area contributed by atoms with E-state index in [1.54, 1.807) is 5.01 Å². The van der Waals surface area contributed by atoms with Crippen LogP contribution in [0.3, 0.4) is 0 Å². The van der Waals surface area contributed by atoms with Crippen LogP contribution in [0, 0.1) is 0 Å². The first-order valence-corrected chi connectivity index (χ1v) is 3.63. The van der Waals surface area contributed by atoms with Crippen molar-refractivity contribution in [3.8, 4) is 0 Å². The van der Waals surface area contributed by atoms with Crippen LogP contribution in [0.2, 0.25) is 0 Å². The third-order valence-corrected chi connectivity index (χ3v) is 1.77. The number of nitrogens with two attached hydrogens (primary N) is 1. The van der Waals surface area contributed by atoms with Gasteiger partial charge in [0.25, 0.3) is 0 Å². The molecule has 10 heavy (non-hydrogen) atoms. The number of hydrazine groups is 1. The van der Waals surface area contributed by atoms with E-state index in [0.29, 0.717) is 0 Å². The summed E-state index contributed by atoms with van der Waals surface area (Å²) < 4.78 is 0. The molecule has 3 heteroatoms. The SMILES string of the molecule is CNC(C)(C)CCN(C)N. The molecule has 0 aliphatic carbocycles. The monoisotopic (exact) mass is 145 g/mol. The molecule has 0 spiro atoms. The van der Waals surface area contributed by atoms with Gasteiger partial charge in [0, 0.05) is 19.1 Å². The van der Waals surface area contributed by atoms with E-state index in [0.717, 1.165) is 13.0 Å². The van der Waals surface area contributed by atoms with E-state index < -0.39 is 0 Å². The topological polar surface area (TPSA) is 41.3 Å². The van der Waals surface area contributed by atoms with Gasteiger partial charge in [-0.1, -0.05) is 0 Å². The summed E-state index contributed by atoms with van der Waals surface area (Å²) in [6.45, 7) is 5.25. The van der Waals surface area contributed by atoms with Crippen LogP contribution in [0.1, 0.15) is 20.3 Å². The van der Waals surface area contributed by atoms with Gasteiger partial charge in [0.15, 0.2) is 0 Å². The zero-order valence-corrected chi connectivity index (χ0v) is 7.44. The van der Waals surface area contributed by atoms with E-state index in [4.69, 9.17) is 5.84 Å². The van der Waals surface area contributed by atoms with Crippen molar-refractivity contribution in [2.24, 2.45) is 5.84 Å². The van der Waals surface area contributed by atoms with Crippen LogP contribution in [-0.4, -0.2) is 31.2 Å². The lowest BCUT2D eigenvalue weighted by atomic mass is 10.0. The molecule has 0 aliphatic rings. The standard InChI is InChI=1S/C7H19N3/c1-7(2,9-3)5-6-10(4)8/h9H,5-6,8H2,1-4H3. The summed E-state index contributed by atoms with van der Waals surface area (Å²) >= 11 is 0. The van der Waals surface area contributed by atoms with Gasteiger partial charge in [-0.05, 0) is 27.3 Å². The lowest BCUT2D eigenvalue weighted by Gasteiger charge is -2.25. The summed E-state index contributed by atoms with van der Waals surface area (Å²) in [6, 6.07) is 0. The van der Waals surface area contributed by atoms with Crippen LogP contribution in [-0.2, 0) is 0 Å². The van der Waals surface area contributed by atoms with Gasteiger partial charge in [-0.2, -0.15) is 0 Å². The van der Waals surface area contributed by atoms with Gasteiger partial charge >= 0.3 is 0 Å². The largest absolute Gasteiger partial charge is 0.315 e. The van der Waals surface area contributed by atoms with Gasteiger partial charge in [0.1, 0.15) is 0 Å². The highest BCUT2D eigenvalue weighted by Gasteiger charge is 2.13. The number of rotatable bonds is 4. The van der Waals surface area contributed by atoms with Crippen LogP contribution in [0.15, 0.2) is 0 Å². The molecule has 0 aromatic heterocycles. The van der Waals surface area contributed by atoms with Crippen molar-refractivity contribution in [1.29, 1.82) is 0 Å². The fourth-order valence-corrected chi connectivity index (χ4v) is 0.581. The van der Waals surface area contributed by atoms with Crippen molar-refractivity contribution in [3.63, 3.8) is 0 Å². The molecule has 0 aromatic rings. The minimum atomic E-state index is 0.202. The summed E-state index contributed by atoms with van der Waals surface area (Å²) in [5.74, 6) is 5.46. The Bertz CT molecular complexity index is 88.9. The Morgan fingerprint density at radius 3 is 2.30 bits per heavy atom. The molecule has 0 atom stereocenters. The summed E-state index contributed by atoms with van der Waals surface area (Å²) in [6.07, 6.45) is 1.07. The Labute approximate surface area is 63.5 Å². The van der Waals surface area contributed by atoms with E-state index in [1.165, 1.54) is 0 Å². The van der Waals surface area contributed by atoms with E-state index in [2.05, 4.69) is 19.2 Å². The summed E-state index contributed by atoms with van der Waals surface area (Å²) in [5.41, 5.74) is 0.202. The highest BCUT2D eigenvalue weighted by atomic mass is 15.4. The van der Waals surface area contributed by atoms with Crippen LogP contribution >= 0.6 is 0 Å². The quantitative estimate of drug-likeness (QED) is 0.438. The smallest absolute Gasteiger partial charge is 0.0142 e. The number of nitrogens with one attached hydrogen (secondary N) is 1. The van der Waals surface area contributed by atoms with Crippen LogP contribution in [0.4, 0.5) is 0 Å². The number of nitrogens with zero attached hydrogens (tertiary/aromatic N) is 1. The second-order valence-electron chi connectivity index (χ2n) is 3.36. The lowest BCUT2D eigenvalue weighted by Crippen LogP contribution is -2.40. The fraction of sp³-hybridized carbons (Fsp3) is 1.00. The Kier molecular flexibility index (Phi) is 3.86. The van der Waals surface area contributed by atoms with Crippen LogP contribution < -0.4 is 11.2 Å². The van der Waals surface area contributed by atoms with E-state index in [9.17, 15) is 0 Å². The molecule has 0 radical (unpaired) electrons. The van der Waals surface area contributed by atoms with E-state index >= 15 is 0 Å². The molecule has 0 unspecified atom stereocenters. The Hall–Kier alpha value is -0.120. The third kappa shape index (κ3) is 4.73. The molecule has 0 heterocycles. The highest BCUT2D eigenvalue weighted by Crippen LogP contribution is 2.05. The molecule has 3 N–H and O–H groups in total. The van der Waals surface area contributed by atoms with Crippen molar-refractivity contribution in [2.75, 3.05) is 20.6 Å². The first-order chi connectivity index (χ1) is 4.48. The van der Waals surface area contributed by atoms with Crippen molar-refractivity contribution >= 4 is 0 Å². The maximum Gasteiger partial charge on any atom is 0.0142 e. The second kappa shape index (κ2) is 3.91. The number of hydrogen-bond acceptors (Lipinski definition) is 3. The summed E-state index contributed by atoms with van der Waals surface area (Å²) in [4.78, 5) is 0. The van der Waals surface area contributed by atoms with Crippen molar-refractivity contribution in [2.45, 2.75) is 25.8 Å². The Balaban J connectivity index is 3.46. The third-order valence-electron chi connectivity index (χ3n) is 1.77. The van der Waals surface area contributed by atoms with E-state index in [1.807, 2.05) is 14.1 Å². The average molecular weight is 145 g/mol. The maximum absolute atomic E-state index is 5.46. The molecule has 62 valence electrons. The molecule has 0 saturated carbocycles. The first-order valence-electron chi connectivity index (χ1n) is 3.63. The van der Waals surface area contributed by atoms with Crippen molar-refractivity contribution in [1.82, 2.24) is 10.3 Å². The minimum Gasteiger partial charge on any atom is -0.315 e. The maximum atomic E-state index is 5.46. The Morgan fingerprint density at radius 2 is 2.00 bits per heavy atom. The molecule has 0 aliphatic heterocycles. The molecule has 0 fully saturated rings. The minimum absolute atomic E-state index is 0.202. The number of hydrogen-bond donors (Lipinski definition) is 2. The highest BCUT2D eigenvalue weighted by molar-refractivity contribution is 4.75. The predicted molar refractivity (Wildman–Crippen MR) is 44.6 cm³/mol. The lowest BCUT2D eigenvalue weighted by molar-refractivity contribution is 0.283. The molecular weight excluding hydrogens is 126 g/mol. The zero-order chi connectivity index (χ0) is 8.20. The predicted octanol–water partition coefficient (Wildman–Crippen LogP) is 0.180. The average Bonchev–Trinajstić information content (AvgIpc) is 1.85. The van der Waals surface area contributed by atoms with Gasteiger partial charge in [0.05, 0.1) is 0 Å². The van der Waals surface area contributed by atoms with Gasteiger partial charge in [-0.25, -0.2) is 0 Å². The second-order valence-corrected chi connectivity index (χ2v) is 3.36. The molecule has 3 nitrogen and oxygen atoms in total. The Morgan fingerprint density at radius 1 is 1.50 bits per heavy atom. The molecule has 0 amide bonds. The molecule has 0 bridgehead atoms.